The van der Waals surface area contributed by atoms with Crippen molar-refractivity contribution in [3.63, 3.8) is 0 Å². The molecule has 0 aliphatic rings. The minimum Gasteiger partial charge on any atom is -0.439 e. The summed E-state index contributed by atoms with van der Waals surface area (Å²) < 4.78 is 78.2. The van der Waals surface area contributed by atoms with Crippen LogP contribution < -0.4 is 14.2 Å². The number of aryl methyl sites for hydroxylation is 1. The van der Waals surface area contributed by atoms with E-state index in [1.165, 1.54) is 36.5 Å². The third-order valence-electron chi connectivity index (χ3n) is 3.45. The van der Waals surface area contributed by atoms with Gasteiger partial charge in [0.2, 0.25) is 17.6 Å². The van der Waals surface area contributed by atoms with Crippen molar-refractivity contribution < 1.29 is 36.2 Å². The number of ether oxygens (including phenoxy) is 3. The van der Waals surface area contributed by atoms with Gasteiger partial charge in [-0.25, -0.2) is 4.98 Å². The number of alkyl halides is 5. The molecular formula is C19H13F5N2O3. The average Bonchev–Trinajstić information content (AvgIpc) is 2.60. The molecule has 2 aromatic heterocycles. The van der Waals surface area contributed by atoms with E-state index < -0.39 is 18.4 Å². The number of halogens is 5. The molecule has 0 aliphatic heterocycles. The molecule has 0 saturated carbocycles. The Bertz CT molecular complexity index is 996. The monoisotopic (exact) mass is 412 g/mol. The summed E-state index contributed by atoms with van der Waals surface area (Å²) >= 11 is 0. The number of nitrogens with zero attached hydrogens (tertiary/aromatic N) is 2. The molecule has 0 atom stereocenters. The van der Waals surface area contributed by atoms with E-state index in [-0.39, 0.29) is 29.1 Å². The lowest BCUT2D eigenvalue weighted by atomic mass is 10.2. The van der Waals surface area contributed by atoms with Crippen LogP contribution in [0.5, 0.6) is 29.1 Å². The Morgan fingerprint density at radius 1 is 0.862 bits per heavy atom. The molecule has 0 bridgehead atoms. The van der Waals surface area contributed by atoms with Gasteiger partial charge in [0.25, 0.3) is 0 Å². The van der Waals surface area contributed by atoms with Crippen LogP contribution in [0.2, 0.25) is 0 Å². The Hall–Kier alpha value is -3.43. The molecule has 10 heteroatoms. The standard InChI is InChI=1S/C19H13F5N2O3/c1-11-7-16(27-13-4-2-3-12(9-13)19(22,23)24)26-17(8-11)28-14-5-6-25-15(10-14)29-18(20)21/h2-10,18H,1H3. The third-order valence-corrected chi connectivity index (χ3v) is 3.45. The van der Waals surface area contributed by atoms with Gasteiger partial charge in [0, 0.05) is 24.4 Å². The first-order valence-electron chi connectivity index (χ1n) is 8.11. The molecule has 3 aromatic rings. The van der Waals surface area contributed by atoms with Crippen LogP contribution >= 0.6 is 0 Å². The maximum absolute atomic E-state index is 12.8. The number of hydrogen-bond donors (Lipinski definition) is 0. The maximum atomic E-state index is 12.8. The molecule has 152 valence electrons. The predicted octanol–water partition coefficient (Wildman–Crippen LogP) is 5.99. The quantitative estimate of drug-likeness (QED) is 0.466. The summed E-state index contributed by atoms with van der Waals surface area (Å²) in [4.78, 5) is 7.69. The molecule has 0 amide bonds. The van der Waals surface area contributed by atoms with Crippen molar-refractivity contribution in [1.82, 2.24) is 9.97 Å². The molecule has 5 nitrogen and oxygen atoms in total. The van der Waals surface area contributed by atoms with E-state index in [2.05, 4.69) is 14.7 Å². The van der Waals surface area contributed by atoms with Crippen LogP contribution in [0.25, 0.3) is 0 Å². The summed E-state index contributed by atoms with van der Waals surface area (Å²) in [6.07, 6.45) is -3.30. The molecule has 0 fully saturated rings. The highest BCUT2D eigenvalue weighted by Crippen LogP contribution is 2.33. The molecule has 29 heavy (non-hydrogen) atoms. The zero-order valence-corrected chi connectivity index (χ0v) is 14.8. The molecule has 0 saturated heterocycles. The van der Waals surface area contributed by atoms with E-state index in [0.717, 1.165) is 18.2 Å². The van der Waals surface area contributed by atoms with Crippen molar-refractivity contribution in [2.45, 2.75) is 19.7 Å². The van der Waals surface area contributed by atoms with Gasteiger partial charge in [-0.05, 0) is 36.8 Å². The van der Waals surface area contributed by atoms with Crippen LogP contribution in [0.1, 0.15) is 11.1 Å². The first-order chi connectivity index (χ1) is 13.7. The molecular weight excluding hydrogens is 399 g/mol. The Morgan fingerprint density at radius 3 is 2.14 bits per heavy atom. The highest BCUT2D eigenvalue weighted by molar-refractivity contribution is 5.37. The summed E-state index contributed by atoms with van der Waals surface area (Å²) in [6.45, 7) is -1.34. The lowest BCUT2D eigenvalue weighted by Crippen LogP contribution is -2.04. The number of hydrogen-bond acceptors (Lipinski definition) is 5. The van der Waals surface area contributed by atoms with Crippen LogP contribution in [-0.2, 0) is 6.18 Å². The number of pyridine rings is 2. The second kappa shape index (κ2) is 8.29. The van der Waals surface area contributed by atoms with Crippen LogP contribution in [-0.4, -0.2) is 16.6 Å². The molecule has 0 unspecified atom stereocenters. The maximum Gasteiger partial charge on any atom is 0.416 e. The molecule has 2 heterocycles. The second-order valence-electron chi connectivity index (χ2n) is 5.76. The number of aromatic nitrogens is 2. The van der Waals surface area contributed by atoms with Crippen LogP contribution in [0, 0.1) is 6.92 Å². The van der Waals surface area contributed by atoms with Crippen molar-refractivity contribution in [3.05, 3.63) is 65.9 Å². The highest BCUT2D eigenvalue weighted by Gasteiger charge is 2.30. The zero-order valence-electron chi connectivity index (χ0n) is 14.8. The predicted molar refractivity (Wildman–Crippen MR) is 91.4 cm³/mol. The fraction of sp³-hybridized carbons (Fsp3) is 0.158. The van der Waals surface area contributed by atoms with Crippen LogP contribution in [0.4, 0.5) is 22.0 Å². The first kappa shape index (κ1) is 20.3. The molecule has 0 N–H and O–H groups in total. The minimum absolute atomic E-state index is 0.00238. The topological polar surface area (TPSA) is 53.5 Å². The SMILES string of the molecule is Cc1cc(Oc2cccc(C(F)(F)F)c2)nc(Oc2ccnc(OC(F)F)c2)c1. The summed E-state index contributed by atoms with van der Waals surface area (Å²) in [7, 11) is 0. The molecule has 1 aromatic carbocycles. The van der Waals surface area contributed by atoms with E-state index >= 15 is 0 Å². The lowest BCUT2D eigenvalue weighted by molar-refractivity contribution is -0.137. The van der Waals surface area contributed by atoms with E-state index in [1.54, 1.807) is 6.92 Å². The van der Waals surface area contributed by atoms with Gasteiger partial charge in [-0.3, -0.25) is 0 Å². The fourth-order valence-electron chi connectivity index (χ4n) is 2.30. The van der Waals surface area contributed by atoms with E-state index in [0.29, 0.717) is 5.56 Å². The third kappa shape index (κ3) is 5.77. The zero-order chi connectivity index (χ0) is 21.0. The molecule has 0 spiro atoms. The average molecular weight is 412 g/mol. The van der Waals surface area contributed by atoms with E-state index in [9.17, 15) is 22.0 Å². The summed E-state index contributed by atoms with van der Waals surface area (Å²) in [5.74, 6) is -0.233. The molecule has 3 rings (SSSR count). The second-order valence-corrected chi connectivity index (χ2v) is 5.76. The molecule has 0 radical (unpaired) electrons. The van der Waals surface area contributed by atoms with Gasteiger partial charge in [-0.2, -0.15) is 26.9 Å². The summed E-state index contributed by atoms with van der Waals surface area (Å²) in [5.41, 5.74) is -0.211. The van der Waals surface area contributed by atoms with Gasteiger partial charge in [-0.15, -0.1) is 0 Å². The van der Waals surface area contributed by atoms with Gasteiger partial charge in [0.1, 0.15) is 11.5 Å². The smallest absolute Gasteiger partial charge is 0.416 e. The van der Waals surface area contributed by atoms with Gasteiger partial charge >= 0.3 is 12.8 Å². The van der Waals surface area contributed by atoms with Gasteiger partial charge in [-0.1, -0.05) is 6.07 Å². The minimum atomic E-state index is -4.51. The molecule has 0 aliphatic carbocycles. The largest absolute Gasteiger partial charge is 0.439 e. The number of rotatable bonds is 6. The Balaban J connectivity index is 1.80. The Labute approximate surface area is 161 Å². The van der Waals surface area contributed by atoms with E-state index in [4.69, 9.17) is 9.47 Å². The Morgan fingerprint density at radius 2 is 1.52 bits per heavy atom. The van der Waals surface area contributed by atoms with Gasteiger partial charge in [0.15, 0.2) is 0 Å². The summed E-state index contributed by atoms with van der Waals surface area (Å²) in [6, 6.07) is 9.93. The fourth-order valence-corrected chi connectivity index (χ4v) is 2.30. The van der Waals surface area contributed by atoms with E-state index in [1.807, 2.05) is 0 Å². The first-order valence-corrected chi connectivity index (χ1v) is 8.11. The van der Waals surface area contributed by atoms with Crippen molar-refractivity contribution in [3.8, 4) is 29.1 Å². The highest BCUT2D eigenvalue weighted by atomic mass is 19.4. The van der Waals surface area contributed by atoms with Gasteiger partial charge < -0.3 is 14.2 Å². The van der Waals surface area contributed by atoms with Gasteiger partial charge in [0.05, 0.1) is 5.56 Å². The lowest BCUT2D eigenvalue weighted by Gasteiger charge is -2.11. The normalized spacial score (nSPS) is 11.4. The summed E-state index contributed by atoms with van der Waals surface area (Å²) in [5, 5.41) is 0. The number of benzene rings is 1. The van der Waals surface area contributed by atoms with Crippen molar-refractivity contribution >= 4 is 0 Å². The van der Waals surface area contributed by atoms with Crippen LogP contribution in [0.15, 0.2) is 54.7 Å². The van der Waals surface area contributed by atoms with Crippen LogP contribution in [0.3, 0.4) is 0 Å². The van der Waals surface area contributed by atoms with Crippen molar-refractivity contribution in [1.29, 1.82) is 0 Å². The van der Waals surface area contributed by atoms with Crippen molar-refractivity contribution in [2.24, 2.45) is 0 Å². The van der Waals surface area contributed by atoms with Crippen molar-refractivity contribution in [2.75, 3.05) is 0 Å². The Kier molecular flexibility index (Phi) is 5.81.